The van der Waals surface area contributed by atoms with Crippen molar-refractivity contribution in [3.63, 3.8) is 0 Å². The van der Waals surface area contributed by atoms with Crippen LogP contribution in [0.3, 0.4) is 0 Å². The number of hydrogen-bond acceptors (Lipinski definition) is 3. The Morgan fingerprint density at radius 2 is 2.16 bits per heavy atom. The minimum Gasteiger partial charge on any atom is -0.478 e. The summed E-state index contributed by atoms with van der Waals surface area (Å²) in [6.07, 6.45) is 3.13. The second-order valence-corrected chi connectivity index (χ2v) is 5.64. The molecule has 0 bridgehead atoms. The van der Waals surface area contributed by atoms with Crippen molar-refractivity contribution in [3.8, 4) is 0 Å². The van der Waals surface area contributed by atoms with Crippen molar-refractivity contribution in [3.05, 3.63) is 23.4 Å². The van der Waals surface area contributed by atoms with Gasteiger partial charge in [-0.2, -0.15) is 0 Å². The first-order chi connectivity index (χ1) is 9.01. The Kier molecular flexibility index (Phi) is 4.08. The molecule has 0 atom stereocenters. The first-order valence-corrected chi connectivity index (χ1v) is 7.02. The van der Waals surface area contributed by atoms with Gasteiger partial charge in [-0.1, -0.05) is 20.8 Å². The van der Waals surface area contributed by atoms with E-state index >= 15 is 0 Å². The Balaban J connectivity index is 2.34. The molecule has 1 N–H and O–H groups in total. The van der Waals surface area contributed by atoms with Crippen molar-refractivity contribution in [1.29, 1.82) is 0 Å². The van der Waals surface area contributed by atoms with Crippen LogP contribution in [0, 0.1) is 5.92 Å². The van der Waals surface area contributed by atoms with E-state index in [2.05, 4.69) is 23.7 Å². The maximum atomic E-state index is 11.2. The number of anilines is 1. The van der Waals surface area contributed by atoms with Crippen LogP contribution in [0.4, 0.5) is 5.82 Å². The monoisotopic (exact) mass is 262 g/mol. The summed E-state index contributed by atoms with van der Waals surface area (Å²) in [5.74, 6) is 0.493. The molecule has 1 saturated carbocycles. The average molecular weight is 262 g/mol. The van der Waals surface area contributed by atoms with E-state index in [-0.39, 0.29) is 0 Å². The smallest absolute Gasteiger partial charge is 0.335 e. The molecule has 0 amide bonds. The number of carboxylic acid groups (broad SMARTS) is 1. The molecule has 0 aromatic carbocycles. The summed E-state index contributed by atoms with van der Waals surface area (Å²) in [7, 11) is 0. The predicted molar refractivity (Wildman–Crippen MR) is 75.8 cm³/mol. The van der Waals surface area contributed by atoms with Gasteiger partial charge in [0.1, 0.15) is 5.82 Å². The van der Waals surface area contributed by atoms with Crippen LogP contribution in [0.2, 0.25) is 0 Å². The molecule has 1 aliphatic rings. The Morgan fingerprint density at radius 3 is 2.63 bits per heavy atom. The van der Waals surface area contributed by atoms with E-state index in [4.69, 9.17) is 0 Å². The molecule has 4 nitrogen and oxygen atoms in total. The summed E-state index contributed by atoms with van der Waals surface area (Å²) in [4.78, 5) is 18.1. The van der Waals surface area contributed by atoms with E-state index < -0.39 is 5.97 Å². The lowest BCUT2D eigenvalue weighted by atomic mass is 10.1. The molecule has 1 aromatic heterocycles. The van der Waals surface area contributed by atoms with Gasteiger partial charge in [0, 0.05) is 18.3 Å². The number of nitrogens with zero attached hydrogens (tertiary/aromatic N) is 2. The van der Waals surface area contributed by atoms with Gasteiger partial charge in [0.05, 0.1) is 5.56 Å². The maximum Gasteiger partial charge on any atom is 0.335 e. The summed E-state index contributed by atoms with van der Waals surface area (Å²) in [5, 5.41) is 9.20. The average Bonchev–Trinajstić information content (AvgIpc) is 3.19. The van der Waals surface area contributed by atoms with Gasteiger partial charge in [0.2, 0.25) is 0 Å². The molecule has 1 heterocycles. The number of hydrogen-bond donors (Lipinski definition) is 1. The number of aryl methyl sites for hydroxylation is 1. The highest BCUT2D eigenvalue weighted by Gasteiger charge is 2.30. The SMILES string of the molecule is CCc1cc(C(=O)O)cc(N(CC(C)C)C2CC2)n1. The summed E-state index contributed by atoms with van der Waals surface area (Å²) in [5.41, 5.74) is 1.19. The predicted octanol–water partition coefficient (Wildman–Crippen LogP) is 2.97. The largest absolute Gasteiger partial charge is 0.478 e. The van der Waals surface area contributed by atoms with E-state index in [1.54, 1.807) is 12.1 Å². The van der Waals surface area contributed by atoms with Gasteiger partial charge >= 0.3 is 5.97 Å². The van der Waals surface area contributed by atoms with Crippen molar-refractivity contribution < 1.29 is 9.90 Å². The van der Waals surface area contributed by atoms with E-state index in [1.807, 2.05) is 6.92 Å². The van der Waals surface area contributed by atoms with Crippen LogP contribution in [-0.2, 0) is 6.42 Å². The second-order valence-electron chi connectivity index (χ2n) is 5.64. The Hall–Kier alpha value is -1.58. The molecule has 104 valence electrons. The van der Waals surface area contributed by atoms with Crippen molar-refractivity contribution in [1.82, 2.24) is 4.98 Å². The molecule has 1 aromatic rings. The molecule has 0 spiro atoms. The highest BCUT2D eigenvalue weighted by atomic mass is 16.4. The quantitative estimate of drug-likeness (QED) is 0.856. The molecule has 0 saturated heterocycles. The first kappa shape index (κ1) is 13.8. The second kappa shape index (κ2) is 5.59. The number of carboxylic acids is 1. The fourth-order valence-corrected chi connectivity index (χ4v) is 2.23. The zero-order valence-corrected chi connectivity index (χ0v) is 11.9. The van der Waals surface area contributed by atoms with Gasteiger partial charge < -0.3 is 10.0 Å². The van der Waals surface area contributed by atoms with Gasteiger partial charge in [0.15, 0.2) is 0 Å². The van der Waals surface area contributed by atoms with Crippen LogP contribution in [0.25, 0.3) is 0 Å². The van der Waals surface area contributed by atoms with Crippen LogP contribution in [0.1, 0.15) is 49.7 Å². The lowest BCUT2D eigenvalue weighted by molar-refractivity contribution is 0.0696. The molecule has 1 aliphatic carbocycles. The lowest BCUT2D eigenvalue weighted by Gasteiger charge is -2.26. The van der Waals surface area contributed by atoms with Crippen molar-refractivity contribution >= 4 is 11.8 Å². The van der Waals surface area contributed by atoms with Crippen LogP contribution in [0.5, 0.6) is 0 Å². The number of aromatic nitrogens is 1. The van der Waals surface area contributed by atoms with Crippen LogP contribution >= 0.6 is 0 Å². The van der Waals surface area contributed by atoms with Crippen LogP contribution < -0.4 is 4.90 Å². The van der Waals surface area contributed by atoms with E-state index in [1.165, 1.54) is 12.8 Å². The first-order valence-electron chi connectivity index (χ1n) is 7.02. The van der Waals surface area contributed by atoms with Crippen LogP contribution in [-0.4, -0.2) is 28.6 Å². The number of pyridine rings is 1. The fourth-order valence-electron chi connectivity index (χ4n) is 2.23. The molecule has 1 fully saturated rings. The fraction of sp³-hybridized carbons (Fsp3) is 0.600. The molecule has 19 heavy (non-hydrogen) atoms. The summed E-state index contributed by atoms with van der Waals surface area (Å²) >= 11 is 0. The minimum absolute atomic E-state index is 0.344. The van der Waals surface area contributed by atoms with Gasteiger partial charge in [-0.05, 0) is 37.3 Å². The molecule has 0 aliphatic heterocycles. The molecule has 2 rings (SSSR count). The summed E-state index contributed by atoms with van der Waals surface area (Å²) in [6, 6.07) is 3.93. The standard InChI is InChI=1S/C15H22N2O2/c1-4-12-7-11(15(18)19)8-14(16-12)17(9-10(2)3)13-5-6-13/h7-8,10,13H,4-6,9H2,1-3H3,(H,18,19). The molecular weight excluding hydrogens is 240 g/mol. The third kappa shape index (κ3) is 3.46. The number of aromatic carboxylic acids is 1. The third-order valence-corrected chi connectivity index (χ3v) is 3.32. The Labute approximate surface area is 114 Å². The summed E-state index contributed by atoms with van der Waals surface area (Å²) in [6.45, 7) is 7.29. The zero-order valence-electron chi connectivity index (χ0n) is 11.9. The zero-order chi connectivity index (χ0) is 14.0. The normalized spacial score (nSPS) is 14.7. The molecule has 0 unspecified atom stereocenters. The lowest BCUT2D eigenvalue weighted by Crippen LogP contribution is -2.31. The van der Waals surface area contributed by atoms with E-state index in [0.717, 1.165) is 24.5 Å². The minimum atomic E-state index is -0.876. The Bertz CT molecular complexity index is 467. The molecule has 0 radical (unpaired) electrons. The molecule has 4 heteroatoms. The maximum absolute atomic E-state index is 11.2. The van der Waals surface area contributed by atoms with Crippen LogP contribution in [0.15, 0.2) is 12.1 Å². The van der Waals surface area contributed by atoms with Crippen molar-refractivity contribution in [2.24, 2.45) is 5.92 Å². The van der Waals surface area contributed by atoms with Crippen molar-refractivity contribution in [2.45, 2.75) is 46.1 Å². The van der Waals surface area contributed by atoms with Gasteiger partial charge in [-0.3, -0.25) is 0 Å². The summed E-state index contributed by atoms with van der Waals surface area (Å²) < 4.78 is 0. The Morgan fingerprint density at radius 1 is 1.47 bits per heavy atom. The van der Waals surface area contributed by atoms with E-state index in [9.17, 15) is 9.90 Å². The van der Waals surface area contributed by atoms with Gasteiger partial charge in [0.25, 0.3) is 0 Å². The number of carbonyl (C=O) groups is 1. The van der Waals surface area contributed by atoms with Gasteiger partial charge in [-0.25, -0.2) is 9.78 Å². The van der Waals surface area contributed by atoms with Crippen molar-refractivity contribution in [2.75, 3.05) is 11.4 Å². The highest BCUT2D eigenvalue weighted by Crippen LogP contribution is 2.32. The topological polar surface area (TPSA) is 53.4 Å². The molecular formula is C15H22N2O2. The van der Waals surface area contributed by atoms with Gasteiger partial charge in [-0.15, -0.1) is 0 Å². The third-order valence-electron chi connectivity index (χ3n) is 3.32. The highest BCUT2D eigenvalue weighted by molar-refractivity contribution is 5.88. The van der Waals surface area contributed by atoms with E-state index in [0.29, 0.717) is 17.5 Å². The number of rotatable bonds is 6.